The van der Waals surface area contributed by atoms with E-state index in [0.717, 1.165) is 6.42 Å². The fourth-order valence-corrected chi connectivity index (χ4v) is 3.54. The van der Waals surface area contributed by atoms with E-state index in [1.54, 1.807) is 11.8 Å². The predicted octanol–water partition coefficient (Wildman–Crippen LogP) is 4.09. The summed E-state index contributed by atoms with van der Waals surface area (Å²) in [7, 11) is 0. The maximum atomic E-state index is 12.1. The third-order valence-corrected chi connectivity index (χ3v) is 5.30. The Morgan fingerprint density at radius 2 is 2.00 bits per heavy atom. The van der Waals surface area contributed by atoms with E-state index in [1.165, 1.54) is 35.3 Å². The zero-order valence-electron chi connectivity index (χ0n) is 12.7. The number of carbonyl (C=O) groups is 1. The Morgan fingerprint density at radius 1 is 1.25 bits per heavy atom. The third kappa shape index (κ3) is 4.27. The number of hydrogen-bond donors (Lipinski definition) is 1. The fraction of sp³-hybridized carbons (Fsp3) is 0.588. The van der Waals surface area contributed by atoms with Gasteiger partial charge in [0.1, 0.15) is 0 Å². The van der Waals surface area contributed by atoms with Crippen LogP contribution in [-0.4, -0.2) is 17.7 Å². The van der Waals surface area contributed by atoms with Crippen LogP contribution in [0.2, 0.25) is 0 Å². The summed E-state index contributed by atoms with van der Waals surface area (Å²) >= 11 is 1.63. The van der Waals surface area contributed by atoms with Crippen molar-refractivity contribution in [2.75, 3.05) is 5.75 Å². The molecule has 0 aromatic heterocycles. The Hall–Kier alpha value is -0.960. The summed E-state index contributed by atoms with van der Waals surface area (Å²) in [5, 5.41) is 3.21. The van der Waals surface area contributed by atoms with Crippen LogP contribution in [0.25, 0.3) is 0 Å². The van der Waals surface area contributed by atoms with E-state index in [-0.39, 0.29) is 5.91 Å². The molecule has 2 unspecified atom stereocenters. The largest absolute Gasteiger partial charge is 0.352 e. The lowest BCUT2D eigenvalue weighted by Gasteiger charge is -2.29. The van der Waals surface area contributed by atoms with Crippen LogP contribution in [0.15, 0.2) is 23.1 Å². The molecule has 20 heavy (non-hydrogen) atoms. The van der Waals surface area contributed by atoms with E-state index in [0.29, 0.717) is 17.7 Å². The highest BCUT2D eigenvalue weighted by molar-refractivity contribution is 8.00. The molecule has 0 radical (unpaired) electrons. The van der Waals surface area contributed by atoms with Crippen LogP contribution in [0.1, 0.15) is 43.7 Å². The van der Waals surface area contributed by atoms with Gasteiger partial charge in [0.2, 0.25) is 5.91 Å². The number of rotatable bonds is 4. The van der Waals surface area contributed by atoms with Crippen LogP contribution in [-0.2, 0) is 4.79 Å². The van der Waals surface area contributed by atoms with Crippen LogP contribution in [0.3, 0.4) is 0 Å². The normalized spacial score (nSPS) is 22.6. The Balaban J connectivity index is 1.81. The number of aryl methyl sites for hydroxylation is 2. The molecule has 1 N–H and O–H groups in total. The summed E-state index contributed by atoms with van der Waals surface area (Å²) in [4.78, 5) is 13.2. The summed E-state index contributed by atoms with van der Waals surface area (Å²) in [5.41, 5.74) is 2.59. The zero-order valence-corrected chi connectivity index (χ0v) is 13.6. The van der Waals surface area contributed by atoms with Gasteiger partial charge in [0.15, 0.2) is 0 Å². The van der Waals surface area contributed by atoms with Gasteiger partial charge < -0.3 is 5.32 Å². The molecule has 0 aliphatic heterocycles. The highest BCUT2D eigenvalue weighted by atomic mass is 32.2. The van der Waals surface area contributed by atoms with Crippen molar-refractivity contribution in [1.29, 1.82) is 0 Å². The highest BCUT2D eigenvalue weighted by Crippen LogP contribution is 2.24. The smallest absolute Gasteiger partial charge is 0.230 e. The monoisotopic (exact) mass is 291 g/mol. The Labute approximate surface area is 126 Å². The Kier molecular flexibility index (Phi) is 5.53. The summed E-state index contributed by atoms with van der Waals surface area (Å²) in [6, 6.07) is 6.77. The van der Waals surface area contributed by atoms with Gasteiger partial charge in [-0.3, -0.25) is 4.79 Å². The molecule has 0 bridgehead atoms. The van der Waals surface area contributed by atoms with Crippen molar-refractivity contribution in [2.45, 2.75) is 57.4 Å². The molecule has 2 rings (SSSR count). The lowest BCUT2D eigenvalue weighted by molar-refractivity contribution is -0.119. The second kappa shape index (κ2) is 7.16. The van der Waals surface area contributed by atoms with E-state index in [4.69, 9.17) is 0 Å². The van der Waals surface area contributed by atoms with E-state index in [1.807, 2.05) is 0 Å². The molecule has 1 aliphatic rings. The van der Waals surface area contributed by atoms with Crippen LogP contribution < -0.4 is 5.32 Å². The molecular formula is C17H25NOS. The fourth-order valence-electron chi connectivity index (χ4n) is 2.73. The van der Waals surface area contributed by atoms with Gasteiger partial charge in [-0.2, -0.15) is 0 Å². The van der Waals surface area contributed by atoms with Crippen LogP contribution in [0, 0.1) is 19.8 Å². The first-order valence-corrected chi connectivity index (χ1v) is 8.54. The highest BCUT2D eigenvalue weighted by Gasteiger charge is 2.22. The number of carbonyl (C=O) groups excluding carboxylic acids is 1. The third-order valence-electron chi connectivity index (χ3n) is 4.31. The minimum absolute atomic E-state index is 0.173. The molecule has 110 valence electrons. The van der Waals surface area contributed by atoms with Gasteiger partial charge in [0, 0.05) is 10.9 Å². The number of amides is 1. The summed E-state index contributed by atoms with van der Waals surface area (Å²) in [6.07, 6.45) is 4.95. The first-order valence-electron chi connectivity index (χ1n) is 7.55. The molecule has 0 spiro atoms. The second-order valence-corrected chi connectivity index (χ2v) is 7.02. The van der Waals surface area contributed by atoms with E-state index in [9.17, 15) is 4.79 Å². The average molecular weight is 291 g/mol. The van der Waals surface area contributed by atoms with Gasteiger partial charge in [-0.25, -0.2) is 0 Å². The lowest BCUT2D eigenvalue weighted by Crippen LogP contribution is -2.41. The van der Waals surface area contributed by atoms with Crippen molar-refractivity contribution >= 4 is 17.7 Å². The SMILES string of the molecule is Cc1ccc(SCC(=O)NC2CCCCC2C)cc1C. The Bertz CT molecular complexity index is 472. The van der Waals surface area contributed by atoms with Crippen molar-refractivity contribution < 1.29 is 4.79 Å². The topological polar surface area (TPSA) is 29.1 Å². The van der Waals surface area contributed by atoms with Crippen molar-refractivity contribution in [1.82, 2.24) is 5.32 Å². The van der Waals surface area contributed by atoms with Crippen molar-refractivity contribution in [2.24, 2.45) is 5.92 Å². The van der Waals surface area contributed by atoms with Crippen LogP contribution in [0.5, 0.6) is 0 Å². The molecule has 2 nitrogen and oxygen atoms in total. The van der Waals surface area contributed by atoms with Crippen LogP contribution in [0.4, 0.5) is 0 Å². The molecule has 1 aromatic carbocycles. The summed E-state index contributed by atoms with van der Waals surface area (Å²) < 4.78 is 0. The Morgan fingerprint density at radius 3 is 2.70 bits per heavy atom. The van der Waals surface area contributed by atoms with E-state index >= 15 is 0 Å². The van der Waals surface area contributed by atoms with E-state index < -0.39 is 0 Å². The summed E-state index contributed by atoms with van der Waals surface area (Å²) in [5.74, 6) is 1.32. The first kappa shape index (κ1) is 15.4. The second-order valence-electron chi connectivity index (χ2n) is 5.97. The number of thioether (sulfide) groups is 1. The molecule has 1 amide bonds. The minimum Gasteiger partial charge on any atom is -0.352 e. The van der Waals surface area contributed by atoms with E-state index in [2.05, 4.69) is 44.3 Å². The first-order chi connectivity index (χ1) is 9.56. The molecule has 1 saturated carbocycles. The maximum absolute atomic E-state index is 12.1. The summed E-state index contributed by atoms with van der Waals surface area (Å²) in [6.45, 7) is 6.48. The minimum atomic E-state index is 0.173. The molecule has 2 atom stereocenters. The molecule has 0 saturated heterocycles. The molecule has 1 aromatic rings. The van der Waals surface area contributed by atoms with Gasteiger partial charge in [-0.1, -0.05) is 25.8 Å². The van der Waals surface area contributed by atoms with Crippen LogP contribution >= 0.6 is 11.8 Å². The van der Waals surface area contributed by atoms with Gasteiger partial charge >= 0.3 is 0 Å². The number of nitrogens with one attached hydrogen (secondary N) is 1. The molecule has 1 fully saturated rings. The van der Waals surface area contributed by atoms with Gasteiger partial charge in [0.25, 0.3) is 0 Å². The van der Waals surface area contributed by atoms with Gasteiger partial charge in [-0.05, 0) is 55.9 Å². The molecule has 3 heteroatoms. The number of benzene rings is 1. The predicted molar refractivity (Wildman–Crippen MR) is 86.2 cm³/mol. The molecule has 0 heterocycles. The number of hydrogen-bond acceptors (Lipinski definition) is 2. The van der Waals surface area contributed by atoms with Crippen molar-refractivity contribution in [3.63, 3.8) is 0 Å². The lowest BCUT2D eigenvalue weighted by atomic mass is 9.86. The van der Waals surface area contributed by atoms with Gasteiger partial charge in [-0.15, -0.1) is 11.8 Å². The zero-order chi connectivity index (χ0) is 14.5. The van der Waals surface area contributed by atoms with Gasteiger partial charge in [0.05, 0.1) is 5.75 Å². The van der Waals surface area contributed by atoms with Crippen molar-refractivity contribution in [3.8, 4) is 0 Å². The molecular weight excluding hydrogens is 266 g/mol. The molecule has 1 aliphatic carbocycles. The standard InChI is InChI=1S/C17H25NOS/c1-12-8-9-15(10-14(12)3)20-11-17(19)18-16-7-5-4-6-13(16)2/h8-10,13,16H,4-7,11H2,1-3H3,(H,18,19). The average Bonchev–Trinajstić information content (AvgIpc) is 2.43. The maximum Gasteiger partial charge on any atom is 0.230 e. The quantitative estimate of drug-likeness (QED) is 0.847. The van der Waals surface area contributed by atoms with Crippen molar-refractivity contribution in [3.05, 3.63) is 29.3 Å².